The lowest BCUT2D eigenvalue weighted by Gasteiger charge is -2.29. The van der Waals surface area contributed by atoms with Crippen molar-refractivity contribution < 1.29 is 9.26 Å². The highest BCUT2D eigenvalue weighted by Crippen LogP contribution is 2.41. The number of nitrogens with one attached hydrogen (secondary N) is 1. The lowest BCUT2D eigenvalue weighted by molar-refractivity contribution is 0.225. The fourth-order valence-electron chi connectivity index (χ4n) is 3.73. The first-order valence-corrected chi connectivity index (χ1v) is 8.67. The highest BCUT2D eigenvalue weighted by atomic mass is 16.5. The van der Waals surface area contributed by atoms with Gasteiger partial charge in [-0.05, 0) is 37.0 Å². The predicted octanol–water partition coefficient (Wildman–Crippen LogP) is 2.45. The van der Waals surface area contributed by atoms with Crippen LogP contribution in [0.5, 0.6) is 5.75 Å². The van der Waals surface area contributed by atoms with E-state index < -0.39 is 0 Å². The molecular weight excluding hydrogens is 304 g/mol. The number of hydrogen-bond donors (Lipinski definition) is 1. The zero-order chi connectivity index (χ0) is 16.5. The number of methoxy groups -OCH3 is 1. The predicted molar refractivity (Wildman–Crippen MR) is 89.7 cm³/mol. The molecule has 1 aromatic carbocycles. The van der Waals surface area contributed by atoms with Crippen molar-refractivity contribution >= 4 is 0 Å². The molecule has 4 rings (SSSR count). The van der Waals surface area contributed by atoms with Gasteiger partial charge >= 0.3 is 0 Å². The van der Waals surface area contributed by atoms with Gasteiger partial charge in [0.2, 0.25) is 5.89 Å². The van der Waals surface area contributed by atoms with Gasteiger partial charge in [-0.15, -0.1) is 0 Å². The SMILES string of the molecule is COc1cccc([C@@H]2[C@H](NCc3noc(C)n3)CCN2C2CC2)c1. The van der Waals surface area contributed by atoms with E-state index in [0.29, 0.717) is 24.5 Å². The molecule has 0 unspecified atom stereocenters. The largest absolute Gasteiger partial charge is 0.497 e. The first-order chi connectivity index (χ1) is 11.7. The van der Waals surface area contributed by atoms with Crippen LogP contribution in [-0.2, 0) is 6.54 Å². The van der Waals surface area contributed by atoms with Crippen LogP contribution < -0.4 is 10.1 Å². The molecule has 128 valence electrons. The molecule has 1 aliphatic heterocycles. The molecule has 1 aromatic heterocycles. The number of hydrogen-bond acceptors (Lipinski definition) is 6. The van der Waals surface area contributed by atoms with Crippen LogP contribution in [0.15, 0.2) is 28.8 Å². The topological polar surface area (TPSA) is 63.4 Å². The monoisotopic (exact) mass is 328 g/mol. The second-order valence-corrected chi connectivity index (χ2v) is 6.70. The molecule has 6 heteroatoms. The van der Waals surface area contributed by atoms with Crippen molar-refractivity contribution in [2.24, 2.45) is 0 Å². The summed E-state index contributed by atoms with van der Waals surface area (Å²) in [6, 6.07) is 9.96. The van der Waals surface area contributed by atoms with Crippen molar-refractivity contribution in [3.63, 3.8) is 0 Å². The van der Waals surface area contributed by atoms with E-state index in [2.05, 4.69) is 38.6 Å². The fourth-order valence-corrected chi connectivity index (χ4v) is 3.73. The van der Waals surface area contributed by atoms with Gasteiger partial charge in [-0.2, -0.15) is 4.98 Å². The zero-order valence-electron chi connectivity index (χ0n) is 14.2. The molecule has 0 amide bonds. The molecule has 2 atom stereocenters. The minimum absolute atomic E-state index is 0.376. The van der Waals surface area contributed by atoms with Crippen LogP contribution in [0.2, 0.25) is 0 Å². The number of likely N-dealkylation sites (tertiary alicyclic amines) is 1. The normalized spacial score (nSPS) is 24.4. The van der Waals surface area contributed by atoms with Gasteiger partial charge < -0.3 is 14.6 Å². The average molecular weight is 328 g/mol. The Kier molecular flexibility index (Phi) is 4.24. The highest BCUT2D eigenvalue weighted by Gasteiger charge is 2.42. The number of aromatic nitrogens is 2. The maximum Gasteiger partial charge on any atom is 0.223 e. The summed E-state index contributed by atoms with van der Waals surface area (Å²) in [6.07, 6.45) is 3.77. The Bertz CT molecular complexity index is 698. The number of benzene rings is 1. The third-order valence-corrected chi connectivity index (χ3v) is 4.98. The molecule has 0 spiro atoms. The summed E-state index contributed by atoms with van der Waals surface area (Å²) in [7, 11) is 1.72. The lowest BCUT2D eigenvalue weighted by Crippen LogP contribution is -2.36. The van der Waals surface area contributed by atoms with Gasteiger partial charge in [0.1, 0.15) is 5.75 Å². The molecule has 2 aromatic rings. The summed E-state index contributed by atoms with van der Waals surface area (Å²) in [5.41, 5.74) is 1.32. The number of rotatable bonds is 6. The van der Waals surface area contributed by atoms with E-state index in [-0.39, 0.29) is 0 Å². The van der Waals surface area contributed by atoms with Crippen molar-refractivity contribution in [3.8, 4) is 5.75 Å². The van der Waals surface area contributed by atoms with Crippen LogP contribution in [0.1, 0.15) is 42.6 Å². The molecular formula is C18H24N4O2. The zero-order valence-corrected chi connectivity index (χ0v) is 14.2. The Morgan fingerprint density at radius 1 is 1.33 bits per heavy atom. The summed E-state index contributed by atoms with van der Waals surface area (Å²) in [4.78, 5) is 6.94. The van der Waals surface area contributed by atoms with Crippen molar-refractivity contribution in [2.75, 3.05) is 13.7 Å². The second-order valence-electron chi connectivity index (χ2n) is 6.70. The van der Waals surface area contributed by atoms with Gasteiger partial charge in [-0.25, -0.2) is 0 Å². The number of nitrogens with zero attached hydrogens (tertiary/aromatic N) is 3. The van der Waals surface area contributed by atoms with Crippen LogP contribution in [0.4, 0.5) is 0 Å². The highest BCUT2D eigenvalue weighted by molar-refractivity contribution is 5.32. The number of ether oxygens (including phenoxy) is 1. The Morgan fingerprint density at radius 3 is 2.92 bits per heavy atom. The molecule has 2 aliphatic rings. The van der Waals surface area contributed by atoms with Gasteiger partial charge in [0.25, 0.3) is 0 Å². The Labute approximate surface area is 142 Å². The molecule has 0 radical (unpaired) electrons. The van der Waals surface area contributed by atoms with Crippen molar-refractivity contribution in [2.45, 2.75) is 50.9 Å². The molecule has 0 bridgehead atoms. The molecule has 1 N–H and O–H groups in total. The number of aryl methyl sites for hydroxylation is 1. The summed E-state index contributed by atoms with van der Waals surface area (Å²) >= 11 is 0. The summed E-state index contributed by atoms with van der Waals surface area (Å²) in [6.45, 7) is 3.59. The van der Waals surface area contributed by atoms with Crippen molar-refractivity contribution in [1.82, 2.24) is 20.4 Å². The molecule has 2 heterocycles. The van der Waals surface area contributed by atoms with Gasteiger partial charge in [-0.3, -0.25) is 4.90 Å². The van der Waals surface area contributed by atoms with E-state index >= 15 is 0 Å². The maximum absolute atomic E-state index is 5.42. The van der Waals surface area contributed by atoms with Crippen molar-refractivity contribution in [3.05, 3.63) is 41.5 Å². The molecule has 1 saturated carbocycles. The standard InChI is InChI=1S/C18H24N4O2/c1-12-20-17(21-24-12)11-19-16-8-9-22(14-6-7-14)18(16)13-4-3-5-15(10-13)23-2/h3-5,10,14,16,18-19H,6-9,11H2,1-2H3/t16-,18-/m1/s1. The van der Waals surface area contributed by atoms with E-state index in [1.807, 2.05) is 13.0 Å². The third kappa shape index (κ3) is 3.16. The van der Waals surface area contributed by atoms with E-state index in [9.17, 15) is 0 Å². The summed E-state index contributed by atoms with van der Waals surface area (Å²) in [5.74, 6) is 2.26. The van der Waals surface area contributed by atoms with Crippen LogP contribution in [0.25, 0.3) is 0 Å². The maximum atomic E-state index is 5.42. The summed E-state index contributed by atoms with van der Waals surface area (Å²) in [5, 5.41) is 7.63. The quantitative estimate of drug-likeness (QED) is 0.879. The lowest BCUT2D eigenvalue weighted by atomic mass is 9.99. The van der Waals surface area contributed by atoms with Gasteiger partial charge in [0, 0.05) is 25.6 Å². The molecule has 1 aliphatic carbocycles. The Balaban J connectivity index is 1.53. The van der Waals surface area contributed by atoms with Crippen LogP contribution in [0, 0.1) is 6.92 Å². The Hall–Kier alpha value is -1.92. The smallest absolute Gasteiger partial charge is 0.223 e. The van der Waals surface area contributed by atoms with Crippen LogP contribution >= 0.6 is 0 Å². The van der Waals surface area contributed by atoms with Crippen LogP contribution in [0.3, 0.4) is 0 Å². The molecule has 6 nitrogen and oxygen atoms in total. The fraction of sp³-hybridized carbons (Fsp3) is 0.556. The van der Waals surface area contributed by atoms with Gasteiger partial charge in [0.05, 0.1) is 19.7 Å². The van der Waals surface area contributed by atoms with Crippen molar-refractivity contribution in [1.29, 1.82) is 0 Å². The Morgan fingerprint density at radius 2 is 2.21 bits per heavy atom. The second kappa shape index (κ2) is 6.53. The minimum atomic E-state index is 0.376. The first-order valence-electron chi connectivity index (χ1n) is 8.67. The van der Waals surface area contributed by atoms with Gasteiger partial charge in [0.15, 0.2) is 5.82 Å². The minimum Gasteiger partial charge on any atom is -0.497 e. The molecule has 2 fully saturated rings. The summed E-state index contributed by atoms with van der Waals surface area (Å²) < 4.78 is 10.5. The molecule has 1 saturated heterocycles. The van der Waals surface area contributed by atoms with E-state index in [1.165, 1.54) is 18.4 Å². The third-order valence-electron chi connectivity index (χ3n) is 4.98. The van der Waals surface area contributed by atoms with Crippen LogP contribution in [-0.4, -0.2) is 40.8 Å². The van der Waals surface area contributed by atoms with E-state index in [0.717, 1.165) is 30.6 Å². The average Bonchev–Trinajstić information content (AvgIpc) is 3.23. The van der Waals surface area contributed by atoms with E-state index in [1.54, 1.807) is 7.11 Å². The van der Waals surface area contributed by atoms with Gasteiger partial charge in [-0.1, -0.05) is 17.3 Å². The first kappa shape index (κ1) is 15.6. The molecule has 24 heavy (non-hydrogen) atoms. The van der Waals surface area contributed by atoms with E-state index in [4.69, 9.17) is 9.26 Å².